The van der Waals surface area contributed by atoms with Gasteiger partial charge in [-0.05, 0) is 124 Å². The Kier molecular flexibility index (Phi) is 8.34. The van der Waals surface area contributed by atoms with Crippen molar-refractivity contribution in [2.75, 3.05) is 0 Å². The second-order valence-corrected chi connectivity index (χ2v) is 15.1. The van der Waals surface area contributed by atoms with E-state index in [9.17, 15) is 26.3 Å². The molecular formula is C49H33F6N3. The van der Waals surface area contributed by atoms with E-state index in [1.54, 1.807) is 30.3 Å². The van der Waals surface area contributed by atoms with E-state index >= 15 is 0 Å². The van der Waals surface area contributed by atoms with Crippen molar-refractivity contribution in [3.63, 3.8) is 0 Å². The Morgan fingerprint density at radius 2 is 0.845 bits per heavy atom. The maximum absolute atomic E-state index is 14.2. The molecule has 0 aliphatic rings. The van der Waals surface area contributed by atoms with Crippen LogP contribution in [0.15, 0.2) is 127 Å². The van der Waals surface area contributed by atoms with Crippen LogP contribution in [0.3, 0.4) is 0 Å². The van der Waals surface area contributed by atoms with Crippen molar-refractivity contribution < 1.29 is 26.3 Å². The molecule has 9 heteroatoms. The molecule has 0 N–H and O–H groups in total. The summed E-state index contributed by atoms with van der Waals surface area (Å²) >= 11 is 0. The van der Waals surface area contributed by atoms with Gasteiger partial charge in [-0.3, -0.25) is 0 Å². The Labute approximate surface area is 329 Å². The van der Waals surface area contributed by atoms with Crippen LogP contribution in [0.2, 0.25) is 0 Å². The van der Waals surface area contributed by atoms with E-state index in [1.165, 1.54) is 0 Å². The van der Waals surface area contributed by atoms with Gasteiger partial charge < -0.3 is 9.13 Å². The maximum Gasteiger partial charge on any atom is 0.416 e. The minimum Gasteiger partial charge on any atom is -0.310 e. The molecule has 0 saturated carbocycles. The number of nitrogens with zero attached hydrogens (tertiary/aromatic N) is 3. The Bertz CT molecular complexity index is 3060. The number of halogens is 6. The molecule has 2 heterocycles. The monoisotopic (exact) mass is 777 g/mol. The summed E-state index contributed by atoms with van der Waals surface area (Å²) in [7, 11) is 0. The normalized spacial score (nSPS) is 12.3. The molecule has 9 rings (SSSR count). The molecule has 2 aromatic heterocycles. The molecule has 0 radical (unpaired) electrons. The Hall–Kier alpha value is -6.79. The van der Waals surface area contributed by atoms with Gasteiger partial charge in [0.25, 0.3) is 0 Å². The third kappa shape index (κ3) is 6.08. The summed E-state index contributed by atoms with van der Waals surface area (Å²) in [6, 6.07) is 36.6. The highest BCUT2D eigenvalue weighted by atomic mass is 19.4. The molecular weight excluding hydrogens is 745 g/mol. The highest BCUT2D eigenvalue weighted by Gasteiger charge is 2.37. The van der Waals surface area contributed by atoms with E-state index in [4.69, 9.17) is 6.57 Å². The summed E-state index contributed by atoms with van der Waals surface area (Å²) in [5, 5.41) is 4.00. The average molecular weight is 778 g/mol. The first kappa shape index (κ1) is 36.8. The quantitative estimate of drug-likeness (QED) is 0.125. The van der Waals surface area contributed by atoms with E-state index in [2.05, 4.69) is 38.2 Å². The van der Waals surface area contributed by atoms with Gasteiger partial charge in [-0.25, -0.2) is 4.85 Å². The van der Waals surface area contributed by atoms with Gasteiger partial charge in [-0.15, -0.1) is 0 Å². The number of hydrogen-bond acceptors (Lipinski definition) is 0. The Balaban J connectivity index is 1.43. The Morgan fingerprint density at radius 1 is 0.414 bits per heavy atom. The number of hydrogen-bond donors (Lipinski definition) is 0. The number of benzene rings is 7. The van der Waals surface area contributed by atoms with Gasteiger partial charge in [0, 0.05) is 38.4 Å². The fourth-order valence-electron chi connectivity index (χ4n) is 8.27. The van der Waals surface area contributed by atoms with Crippen LogP contribution in [0.4, 0.5) is 32.0 Å². The maximum atomic E-state index is 14.2. The number of rotatable bonds is 4. The topological polar surface area (TPSA) is 14.2 Å². The van der Waals surface area contributed by atoms with Crippen molar-refractivity contribution in [2.45, 2.75) is 40.0 Å². The van der Waals surface area contributed by atoms with Crippen LogP contribution >= 0.6 is 0 Å². The lowest BCUT2D eigenvalue weighted by Crippen LogP contribution is -2.11. The van der Waals surface area contributed by atoms with Gasteiger partial charge in [0.2, 0.25) is 0 Å². The minimum atomic E-state index is -5.02. The molecule has 58 heavy (non-hydrogen) atoms. The van der Waals surface area contributed by atoms with E-state index in [0.717, 1.165) is 78.0 Å². The number of aryl methyl sites for hydroxylation is 4. The number of alkyl halides is 6. The van der Waals surface area contributed by atoms with Crippen LogP contribution in [0.25, 0.3) is 82.1 Å². The molecule has 0 spiro atoms. The first-order chi connectivity index (χ1) is 27.6. The van der Waals surface area contributed by atoms with Gasteiger partial charge in [0.1, 0.15) is 0 Å². The Morgan fingerprint density at radius 3 is 1.26 bits per heavy atom. The summed E-state index contributed by atoms with van der Waals surface area (Å²) in [5.74, 6) is 0. The van der Waals surface area contributed by atoms with Crippen LogP contribution in [-0.2, 0) is 12.4 Å². The van der Waals surface area contributed by atoms with Gasteiger partial charge in [-0.1, -0.05) is 64.7 Å². The largest absolute Gasteiger partial charge is 0.416 e. The minimum absolute atomic E-state index is 0.147. The first-order valence-corrected chi connectivity index (χ1v) is 18.6. The van der Waals surface area contributed by atoms with Gasteiger partial charge >= 0.3 is 12.4 Å². The molecule has 0 aliphatic carbocycles. The van der Waals surface area contributed by atoms with Gasteiger partial charge in [0.15, 0.2) is 5.69 Å². The van der Waals surface area contributed by atoms with E-state index in [0.29, 0.717) is 28.2 Å². The lowest BCUT2D eigenvalue weighted by atomic mass is 9.93. The second-order valence-electron chi connectivity index (χ2n) is 15.1. The lowest BCUT2D eigenvalue weighted by molar-refractivity contribution is -0.143. The third-order valence-corrected chi connectivity index (χ3v) is 11.0. The van der Waals surface area contributed by atoms with Crippen LogP contribution < -0.4 is 0 Å². The summed E-state index contributed by atoms with van der Waals surface area (Å²) in [6.07, 6.45) is -10.0. The van der Waals surface area contributed by atoms with E-state index in [1.807, 2.05) is 82.3 Å². The SMILES string of the molecule is [C-]#[N+]c1ccc(-c2cc(-c3cc(C(F)(F)F)cc(C(F)(F)F)c3)ccc2-n2c3ccc(C)cc3c3cc(C)ccc32)c(-n2c3ccc(C)cc3c3cc(C)ccc32)c1. The standard InChI is InChI=1S/C49H33F6N3/c1-27-6-13-42-37(18-27)38-19-28(2)7-14-43(38)57(42)46-17-10-31(32-22-33(48(50,51)52)25-34(23-32)49(53,54)55)24-41(46)36-12-11-35(56-5)26-47(36)58-44-15-8-29(3)20-39(44)40-21-30(4)9-16-45(40)58/h6-26H,1-4H3. The van der Waals surface area contributed by atoms with Crippen molar-refractivity contribution in [1.29, 1.82) is 0 Å². The zero-order valence-corrected chi connectivity index (χ0v) is 31.7. The predicted octanol–water partition coefficient (Wildman–Crippen LogP) is 15.0. The molecule has 286 valence electrons. The van der Waals surface area contributed by atoms with Crippen molar-refractivity contribution in [3.8, 4) is 33.6 Å². The predicted molar refractivity (Wildman–Crippen MR) is 221 cm³/mol. The van der Waals surface area contributed by atoms with Crippen molar-refractivity contribution in [2.24, 2.45) is 0 Å². The molecule has 9 aromatic rings. The fourth-order valence-corrected chi connectivity index (χ4v) is 8.27. The molecule has 7 aromatic carbocycles. The summed E-state index contributed by atoms with van der Waals surface area (Å²) < 4.78 is 89.3. The average Bonchev–Trinajstić information content (AvgIpc) is 3.67. The van der Waals surface area contributed by atoms with E-state index < -0.39 is 23.5 Å². The van der Waals surface area contributed by atoms with Crippen molar-refractivity contribution >= 4 is 49.3 Å². The first-order valence-electron chi connectivity index (χ1n) is 18.6. The smallest absolute Gasteiger partial charge is 0.310 e. The van der Waals surface area contributed by atoms with Gasteiger partial charge in [-0.2, -0.15) is 26.3 Å². The highest BCUT2D eigenvalue weighted by molar-refractivity contribution is 6.12. The van der Waals surface area contributed by atoms with Crippen LogP contribution in [0, 0.1) is 34.3 Å². The third-order valence-electron chi connectivity index (χ3n) is 11.0. The van der Waals surface area contributed by atoms with Crippen LogP contribution in [0.1, 0.15) is 33.4 Å². The molecule has 0 aliphatic heterocycles. The highest BCUT2D eigenvalue weighted by Crippen LogP contribution is 2.45. The van der Waals surface area contributed by atoms with Crippen LogP contribution in [0.5, 0.6) is 0 Å². The number of fused-ring (bicyclic) bond motifs is 6. The van der Waals surface area contributed by atoms with Gasteiger partial charge in [0.05, 0.1) is 45.5 Å². The molecule has 0 amide bonds. The summed E-state index contributed by atoms with van der Waals surface area (Å²) in [5.41, 5.74) is 7.72. The van der Waals surface area contributed by atoms with Crippen molar-refractivity contribution in [1.82, 2.24) is 9.13 Å². The van der Waals surface area contributed by atoms with Crippen LogP contribution in [-0.4, -0.2) is 9.13 Å². The fraction of sp³-hybridized carbons (Fsp3) is 0.122. The molecule has 0 atom stereocenters. The summed E-state index contributed by atoms with van der Waals surface area (Å²) in [6.45, 7) is 16.1. The lowest BCUT2D eigenvalue weighted by Gasteiger charge is -2.21. The van der Waals surface area contributed by atoms with E-state index in [-0.39, 0.29) is 17.2 Å². The summed E-state index contributed by atoms with van der Waals surface area (Å²) in [4.78, 5) is 3.78. The zero-order chi connectivity index (χ0) is 40.8. The molecule has 0 unspecified atom stereocenters. The second kappa shape index (κ2) is 13.1. The molecule has 3 nitrogen and oxygen atoms in total. The zero-order valence-electron chi connectivity index (χ0n) is 31.7. The molecule has 0 fully saturated rings. The van der Waals surface area contributed by atoms with Crippen molar-refractivity contribution in [3.05, 3.63) is 172 Å². The molecule has 0 saturated heterocycles. The number of aromatic nitrogens is 2. The molecule has 0 bridgehead atoms.